The van der Waals surface area contributed by atoms with Gasteiger partial charge in [0.1, 0.15) is 5.75 Å². The van der Waals surface area contributed by atoms with Crippen LogP contribution in [-0.2, 0) is 11.2 Å². The topological polar surface area (TPSA) is 90.1 Å². The van der Waals surface area contributed by atoms with Gasteiger partial charge in [0.25, 0.3) is 0 Å². The Hall–Kier alpha value is -3.22. The highest BCUT2D eigenvalue weighted by Gasteiger charge is 2.11. The molecule has 0 unspecified atom stereocenters. The standard InChI is InChI=1S/C18H18N4O3/c1-2-24-15-7-5-14(6-8-15)20-16(23)9-10-17-21-18(22-25-17)13-4-3-11-19-12-13/h3-8,11-12H,2,9-10H2,1H3,(H,20,23). The number of aryl methyl sites for hydroxylation is 1. The monoisotopic (exact) mass is 338 g/mol. The molecule has 0 saturated carbocycles. The van der Waals surface area contributed by atoms with Gasteiger partial charge in [-0.1, -0.05) is 5.16 Å². The van der Waals surface area contributed by atoms with Crippen LogP contribution in [0.1, 0.15) is 19.2 Å². The van der Waals surface area contributed by atoms with Crippen LogP contribution in [0.15, 0.2) is 53.3 Å². The van der Waals surface area contributed by atoms with E-state index in [1.807, 2.05) is 25.1 Å². The van der Waals surface area contributed by atoms with Crippen molar-refractivity contribution in [1.29, 1.82) is 0 Å². The molecule has 25 heavy (non-hydrogen) atoms. The summed E-state index contributed by atoms with van der Waals surface area (Å²) in [5, 5.41) is 6.73. The first kappa shape index (κ1) is 16.6. The molecule has 1 N–H and O–H groups in total. The molecule has 0 aliphatic rings. The van der Waals surface area contributed by atoms with Crippen LogP contribution in [0.25, 0.3) is 11.4 Å². The molecule has 0 fully saturated rings. The third-order valence-corrected chi connectivity index (χ3v) is 3.40. The average Bonchev–Trinajstić information content (AvgIpc) is 3.12. The fraction of sp³-hybridized carbons (Fsp3) is 0.222. The van der Waals surface area contributed by atoms with E-state index in [1.165, 1.54) is 0 Å². The predicted octanol–water partition coefficient (Wildman–Crippen LogP) is 3.10. The van der Waals surface area contributed by atoms with E-state index in [0.717, 1.165) is 17.0 Å². The van der Waals surface area contributed by atoms with Crippen LogP contribution in [-0.4, -0.2) is 27.6 Å². The number of rotatable bonds is 7. The molecule has 7 nitrogen and oxygen atoms in total. The lowest BCUT2D eigenvalue weighted by molar-refractivity contribution is -0.116. The molecule has 3 aromatic rings. The second kappa shape index (κ2) is 8.05. The maximum absolute atomic E-state index is 12.0. The molecule has 1 amide bonds. The van der Waals surface area contributed by atoms with Crippen LogP contribution < -0.4 is 10.1 Å². The van der Waals surface area contributed by atoms with Gasteiger partial charge in [-0.05, 0) is 43.3 Å². The lowest BCUT2D eigenvalue weighted by Crippen LogP contribution is -2.12. The molecule has 2 aromatic heterocycles. The van der Waals surface area contributed by atoms with Crippen molar-refractivity contribution < 1.29 is 14.1 Å². The van der Waals surface area contributed by atoms with E-state index in [9.17, 15) is 4.79 Å². The Kier molecular flexibility index (Phi) is 5.36. The first-order valence-corrected chi connectivity index (χ1v) is 8.00. The summed E-state index contributed by atoms with van der Waals surface area (Å²) in [6, 6.07) is 10.9. The van der Waals surface area contributed by atoms with E-state index in [0.29, 0.717) is 24.7 Å². The van der Waals surface area contributed by atoms with E-state index in [-0.39, 0.29) is 12.3 Å². The number of ether oxygens (including phenoxy) is 1. The van der Waals surface area contributed by atoms with Gasteiger partial charge in [-0.25, -0.2) is 0 Å². The predicted molar refractivity (Wildman–Crippen MR) is 92.1 cm³/mol. The van der Waals surface area contributed by atoms with Crippen molar-refractivity contribution in [3.05, 3.63) is 54.7 Å². The van der Waals surface area contributed by atoms with Crippen molar-refractivity contribution in [2.24, 2.45) is 0 Å². The number of carbonyl (C=O) groups excluding carboxylic acids is 1. The van der Waals surface area contributed by atoms with Gasteiger partial charge in [0.15, 0.2) is 0 Å². The molecule has 128 valence electrons. The Morgan fingerprint density at radius 1 is 1.24 bits per heavy atom. The largest absolute Gasteiger partial charge is 0.494 e. The maximum atomic E-state index is 12.0. The molecular weight excluding hydrogens is 320 g/mol. The normalized spacial score (nSPS) is 10.4. The van der Waals surface area contributed by atoms with Gasteiger partial charge in [-0.3, -0.25) is 9.78 Å². The Morgan fingerprint density at radius 2 is 2.08 bits per heavy atom. The minimum Gasteiger partial charge on any atom is -0.494 e. The maximum Gasteiger partial charge on any atom is 0.227 e. The van der Waals surface area contributed by atoms with Gasteiger partial charge in [-0.2, -0.15) is 4.98 Å². The molecule has 2 heterocycles. The fourth-order valence-electron chi connectivity index (χ4n) is 2.21. The first-order valence-electron chi connectivity index (χ1n) is 8.00. The lowest BCUT2D eigenvalue weighted by atomic mass is 10.2. The van der Waals surface area contributed by atoms with Crippen molar-refractivity contribution in [3.63, 3.8) is 0 Å². The van der Waals surface area contributed by atoms with E-state index in [4.69, 9.17) is 9.26 Å². The number of nitrogens with one attached hydrogen (secondary N) is 1. The SMILES string of the molecule is CCOc1ccc(NC(=O)CCc2nc(-c3cccnc3)no2)cc1. The summed E-state index contributed by atoms with van der Waals surface area (Å²) < 4.78 is 10.5. The number of pyridine rings is 1. The quantitative estimate of drug-likeness (QED) is 0.712. The summed E-state index contributed by atoms with van der Waals surface area (Å²) in [6.45, 7) is 2.53. The summed E-state index contributed by atoms with van der Waals surface area (Å²) in [7, 11) is 0. The van der Waals surface area contributed by atoms with Crippen LogP contribution in [0.5, 0.6) is 5.75 Å². The molecule has 3 rings (SSSR count). The number of hydrogen-bond acceptors (Lipinski definition) is 6. The first-order chi connectivity index (χ1) is 12.2. The number of carbonyl (C=O) groups is 1. The minimum absolute atomic E-state index is 0.120. The van der Waals surface area contributed by atoms with Crippen LogP contribution in [0.2, 0.25) is 0 Å². The number of benzene rings is 1. The average molecular weight is 338 g/mol. The molecule has 0 bridgehead atoms. The molecular formula is C18H18N4O3. The summed E-state index contributed by atoms with van der Waals surface area (Å²) in [4.78, 5) is 20.3. The van der Waals surface area contributed by atoms with Crippen LogP contribution in [0.4, 0.5) is 5.69 Å². The van der Waals surface area contributed by atoms with Gasteiger partial charge in [0.05, 0.1) is 6.61 Å². The van der Waals surface area contributed by atoms with Crippen molar-refractivity contribution in [1.82, 2.24) is 15.1 Å². The molecule has 0 radical (unpaired) electrons. The van der Waals surface area contributed by atoms with E-state index in [2.05, 4.69) is 20.4 Å². The lowest BCUT2D eigenvalue weighted by Gasteiger charge is -2.06. The van der Waals surface area contributed by atoms with Gasteiger partial charge in [0.2, 0.25) is 17.6 Å². The summed E-state index contributed by atoms with van der Waals surface area (Å²) in [5.41, 5.74) is 1.49. The van der Waals surface area contributed by atoms with Gasteiger partial charge in [0, 0.05) is 36.5 Å². The number of hydrogen-bond donors (Lipinski definition) is 1. The summed E-state index contributed by atoms with van der Waals surface area (Å²) >= 11 is 0. The summed E-state index contributed by atoms with van der Waals surface area (Å²) in [6.07, 6.45) is 3.96. The number of nitrogens with zero attached hydrogens (tertiary/aromatic N) is 3. The highest BCUT2D eigenvalue weighted by molar-refractivity contribution is 5.90. The van der Waals surface area contributed by atoms with Gasteiger partial charge in [-0.15, -0.1) is 0 Å². The highest BCUT2D eigenvalue weighted by atomic mass is 16.5. The number of aromatic nitrogens is 3. The molecule has 1 aromatic carbocycles. The van der Waals surface area contributed by atoms with Gasteiger partial charge >= 0.3 is 0 Å². The Balaban J connectivity index is 1.51. The zero-order chi connectivity index (χ0) is 17.5. The smallest absolute Gasteiger partial charge is 0.227 e. The zero-order valence-corrected chi connectivity index (χ0v) is 13.8. The van der Waals surface area contributed by atoms with E-state index in [1.54, 1.807) is 30.6 Å². The van der Waals surface area contributed by atoms with Gasteiger partial charge < -0.3 is 14.6 Å². The van der Waals surface area contributed by atoms with Crippen molar-refractivity contribution in [3.8, 4) is 17.1 Å². The number of anilines is 1. The molecule has 0 aliphatic carbocycles. The minimum atomic E-state index is -0.120. The third-order valence-electron chi connectivity index (χ3n) is 3.40. The molecule has 0 spiro atoms. The number of amides is 1. The van der Waals surface area contributed by atoms with Crippen LogP contribution in [0.3, 0.4) is 0 Å². The van der Waals surface area contributed by atoms with E-state index >= 15 is 0 Å². The molecule has 7 heteroatoms. The zero-order valence-electron chi connectivity index (χ0n) is 13.8. The van der Waals surface area contributed by atoms with Crippen LogP contribution in [0, 0.1) is 0 Å². The second-order valence-electron chi connectivity index (χ2n) is 5.26. The Morgan fingerprint density at radius 3 is 2.80 bits per heavy atom. The van der Waals surface area contributed by atoms with Crippen LogP contribution >= 0.6 is 0 Å². The van der Waals surface area contributed by atoms with Crippen molar-refractivity contribution in [2.45, 2.75) is 19.8 Å². The highest BCUT2D eigenvalue weighted by Crippen LogP contribution is 2.17. The molecule has 0 aliphatic heterocycles. The molecule has 0 atom stereocenters. The molecule has 0 saturated heterocycles. The van der Waals surface area contributed by atoms with Crippen molar-refractivity contribution >= 4 is 11.6 Å². The Bertz CT molecular complexity index is 816. The summed E-state index contributed by atoms with van der Waals surface area (Å²) in [5.74, 6) is 1.54. The Labute approximate surface area is 145 Å². The van der Waals surface area contributed by atoms with E-state index < -0.39 is 0 Å². The second-order valence-corrected chi connectivity index (χ2v) is 5.26. The fourth-order valence-corrected chi connectivity index (χ4v) is 2.21. The third kappa shape index (κ3) is 4.63. The van der Waals surface area contributed by atoms with Crippen molar-refractivity contribution in [2.75, 3.05) is 11.9 Å².